The molecule has 0 amide bonds. The Labute approximate surface area is 151 Å². The molecule has 0 fully saturated rings. The van der Waals surface area contributed by atoms with Crippen molar-refractivity contribution in [3.05, 3.63) is 35.9 Å². The van der Waals surface area contributed by atoms with E-state index in [0.29, 0.717) is 0 Å². The smallest absolute Gasteiger partial charge is 0.0468 e. The zero-order valence-corrected chi connectivity index (χ0v) is 16.3. The minimum Gasteiger partial charge on any atom is -0.381 e. The molecule has 0 N–H and O–H groups in total. The summed E-state index contributed by atoms with van der Waals surface area (Å²) in [4.78, 5) is 0. The van der Waals surface area contributed by atoms with Gasteiger partial charge in [-0.2, -0.15) is 0 Å². The van der Waals surface area contributed by atoms with E-state index < -0.39 is 0 Å². The first-order valence-corrected chi connectivity index (χ1v) is 10.4. The normalized spacial score (nSPS) is 11.3. The fourth-order valence-corrected chi connectivity index (χ4v) is 3.01. The zero-order chi connectivity index (χ0) is 17.3. The van der Waals surface area contributed by atoms with Crippen molar-refractivity contribution in [2.24, 2.45) is 5.92 Å². The Kier molecular flexibility index (Phi) is 13.9. The van der Waals surface area contributed by atoms with Gasteiger partial charge in [-0.15, -0.1) is 0 Å². The number of aryl methyl sites for hydroxylation is 1. The number of rotatable bonds is 16. The number of hydrogen-bond acceptors (Lipinski definition) is 1. The first-order chi connectivity index (χ1) is 11.8. The standard InChI is InChI=1S/C23H40O/c1-22(2)19-21-24-20-15-10-8-6-4-3-5-7-9-12-16-23-17-13-11-14-18-23/h11,13-14,17-18,22H,3-10,12,15-16,19-21H2,1-2H3. The highest BCUT2D eigenvalue weighted by molar-refractivity contribution is 5.14. The van der Waals surface area contributed by atoms with Gasteiger partial charge in [0.2, 0.25) is 0 Å². The van der Waals surface area contributed by atoms with E-state index in [4.69, 9.17) is 4.74 Å². The summed E-state index contributed by atoms with van der Waals surface area (Å²) in [7, 11) is 0. The van der Waals surface area contributed by atoms with Gasteiger partial charge in [0.1, 0.15) is 0 Å². The van der Waals surface area contributed by atoms with Crippen LogP contribution in [-0.2, 0) is 11.2 Å². The van der Waals surface area contributed by atoms with E-state index in [1.54, 1.807) is 0 Å². The average molecular weight is 333 g/mol. The van der Waals surface area contributed by atoms with Gasteiger partial charge < -0.3 is 4.74 Å². The Balaban J connectivity index is 1.72. The second kappa shape index (κ2) is 15.7. The Morgan fingerprint density at radius 2 is 1.21 bits per heavy atom. The maximum Gasteiger partial charge on any atom is 0.0468 e. The van der Waals surface area contributed by atoms with Gasteiger partial charge in [-0.05, 0) is 37.2 Å². The van der Waals surface area contributed by atoms with Crippen molar-refractivity contribution in [2.75, 3.05) is 13.2 Å². The number of ether oxygens (including phenoxy) is 1. The minimum atomic E-state index is 0.767. The number of hydrogen-bond donors (Lipinski definition) is 0. The van der Waals surface area contributed by atoms with Crippen molar-refractivity contribution >= 4 is 0 Å². The number of benzene rings is 1. The van der Waals surface area contributed by atoms with E-state index in [2.05, 4.69) is 44.2 Å². The van der Waals surface area contributed by atoms with Crippen molar-refractivity contribution in [1.29, 1.82) is 0 Å². The number of unbranched alkanes of at least 4 members (excludes halogenated alkanes) is 9. The van der Waals surface area contributed by atoms with E-state index in [9.17, 15) is 0 Å². The van der Waals surface area contributed by atoms with Crippen LogP contribution in [0.1, 0.15) is 90.0 Å². The third kappa shape index (κ3) is 13.6. The molecule has 1 aromatic carbocycles. The molecule has 0 heterocycles. The van der Waals surface area contributed by atoms with Gasteiger partial charge in [0.05, 0.1) is 0 Å². The second-order valence-corrected chi connectivity index (χ2v) is 7.57. The van der Waals surface area contributed by atoms with Crippen LogP contribution < -0.4 is 0 Å². The van der Waals surface area contributed by atoms with Gasteiger partial charge >= 0.3 is 0 Å². The molecule has 1 heteroatoms. The molecule has 1 aromatic rings. The summed E-state index contributed by atoms with van der Waals surface area (Å²) in [5, 5.41) is 0. The summed E-state index contributed by atoms with van der Waals surface area (Å²) in [5.41, 5.74) is 1.49. The van der Waals surface area contributed by atoms with Crippen LogP contribution in [0.5, 0.6) is 0 Å². The summed E-state index contributed by atoms with van der Waals surface area (Å²) < 4.78 is 5.66. The van der Waals surface area contributed by atoms with Gasteiger partial charge in [-0.25, -0.2) is 0 Å². The zero-order valence-electron chi connectivity index (χ0n) is 16.3. The van der Waals surface area contributed by atoms with E-state index >= 15 is 0 Å². The predicted molar refractivity (Wildman–Crippen MR) is 107 cm³/mol. The molecular weight excluding hydrogens is 292 g/mol. The Morgan fingerprint density at radius 3 is 1.79 bits per heavy atom. The molecule has 24 heavy (non-hydrogen) atoms. The lowest BCUT2D eigenvalue weighted by Gasteiger charge is -2.06. The van der Waals surface area contributed by atoms with Crippen LogP contribution in [0.15, 0.2) is 30.3 Å². The summed E-state index contributed by atoms with van der Waals surface area (Å²) in [6.07, 6.45) is 16.3. The second-order valence-electron chi connectivity index (χ2n) is 7.57. The Bertz CT molecular complexity index is 358. The molecule has 0 bridgehead atoms. The summed E-state index contributed by atoms with van der Waals surface area (Å²) in [6, 6.07) is 10.9. The van der Waals surface area contributed by atoms with Crippen LogP contribution in [0.25, 0.3) is 0 Å². The highest BCUT2D eigenvalue weighted by atomic mass is 16.5. The summed E-state index contributed by atoms with van der Waals surface area (Å²) >= 11 is 0. The van der Waals surface area contributed by atoms with Crippen molar-refractivity contribution in [3.8, 4) is 0 Å². The predicted octanol–water partition coefficient (Wildman–Crippen LogP) is 7.19. The molecular formula is C23H40O. The van der Waals surface area contributed by atoms with Crippen LogP contribution in [0.3, 0.4) is 0 Å². The maximum atomic E-state index is 5.66. The maximum absolute atomic E-state index is 5.66. The first-order valence-electron chi connectivity index (χ1n) is 10.4. The van der Waals surface area contributed by atoms with Gasteiger partial charge in [-0.1, -0.05) is 95.5 Å². The molecule has 0 atom stereocenters. The largest absolute Gasteiger partial charge is 0.381 e. The molecule has 0 saturated heterocycles. The van der Waals surface area contributed by atoms with Gasteiger partial charge in [0.25, 0.3) is 0 Å². The van der Waals surface area contributed by atoms with Gasteiger partial charge in [-0.3, -0.25) is 0 Å². The topological polar surface area (TPSA) is 9.23 Å². The SMILES string of the molecule is CC(C)CCOCCCCCCCCCCCCc1ccccc1. The molecule has 0 radical (unpaired) electrons. The van der Waals surface area contributed by atoms with Crippen LogP contribution in [0, 0.1) is 5.92 Å². The quantitative estimate of drug-likeness (QED) is 0.291. The molecule has 0 unspecified atom stereocenters. The van der Waals surface area contributed by atoms with Crippen LogP contribution >= 0.6 is 0 Å². The van der Waals surface area contributed by atoms with E-state index in [-0.39, 0.29) is 0 Å². The first kappa shape index (κ1) is 21.2. The van der Waals surface area contributed by atoms with E-state index in [0.717, 1.165) is 19.1 Å². The van der Waals surface area contributed by atoms with Gasteiger partial charge in [0, 0.05) is 13.2 Å². The minimum absolute atomic E-state index is 0.767. The lowest BCUT2D eigenvalue weighted by molar-refractivity contribution is 0.119. The third-order valence-electron chi connectivity index (χ3n) is 4.69. The molecule has 0 aliphatic rings. The molecule has 0 aliphatic heterocycles. The van der Waals surface area contributed by atoms with Crippen molar-refractivity contribution in [1.82, 2.24) is 0 Å². The van der Waals surface area contributed by atoms with E-state index in [1.807, 2.05) is 0 Å². The fourth-order valence-electron chi connectivity index (χ4n) is 3.01. The molecule has 0 spiro atoms. The van der Waals surface area contributed by atoms with Crippen molar-refractivity contribution in [3.63, 3.8) is 0 Å². The van der Waals surface area contributed by atoms with Crippen LogP contribution in [0.2, 0.25) is 0 Å². The van der Waals surface area contributed by atoms with E-state index in [1.165, 1.54) is 82.6 Å². The highest BCUT2D eigenvalue weighted by Crippen LogP contribution is 2.12. The molecule has 1 nitrogen and oxygen atoms in total. The van der Waals surface area contributed by atoms with Crippen molar-refractivity contribution < 1.29 is 4.74 Å². The summed E-state index contributed by atoms with van der Waals surface area (Å²) in [6.45, 7) is 6.43. The monoisotopic (exact) mass is 332 g/mol. The molecule has 138 valence electrons. The lowest BCUT2D eigenvalue weighted by atomic mass is 10.0. The van der Waals surface area contributed by atoms with Crippen LogP contribution in [-0.4, -0.2) is 13.2 Å². The lowest BCUT2D eigenvalue weighted by Crippen LogP contribution is -2.00. The molecule has 0 aliphatic carbocycles. The molecule has 0 saturated carbocycles. The highest BCUT2D eigenvalue weighted by Gasteiger charge is 1.96. The van der Waals surface area contributed by atoms with Crippen LogP contribution in [0.4, 0.5) is 0 Å². The Hall–Kier alpha value is -0.820. The van der Waals surface area contributed by atoms with Gasteiger partial charge in [0.15, 0.2) is 0 Å². The Morgan fingerprint density at radius 1 is 0.667 bits per heavy atom. The molecule has 1 rings (SSSR count). The average Bonchev–Trinajstić information content (AvgIpc) is 2.59. The van der Waals surface area contributed by atoms with Crippen molar-refractivity contribution in [2.45, 2.75) is 90.9 Å². The molecule has 0 aromatic heterocycles. The summed E-state index contributed by atoms with van der Waals surface area (Å²) in [5.74, 6) is 0.767. The third-order valence-corrected chi connectivity index (χ3v) is 4.69. The fraction of sp³-hybridized carbons (Fsp3) is 0.739.